The van der Waals surface area contributed by atoms with Gasteiger partial charge in [-0.15, -0.1) is 0 Å². The lowest BCUT2D eigenvalue weighted by atomic mass is 9.40. The molecule has 0 aliphatic heterocycles. The molecule has 1 aromatic carbocycles. The highest BCUT2D eigenvalue weighted by atomic mass is 14.6. The molecule has 3 nitrogen and oxygen atoms in total. The molecule has 25 heavy (non-hydrogen) atoms. The fraction of sp³-hybridized carbons (Fsp3) is 0.591. The Morgan fingerprint density at radius 1 is 0.880 bits per heavy atom. The lowest BCUT2D eigenvalue weighted by molar-refractivity contribution is -0.0962. The van der Waals surface area contributed by atoms with Crippen molar-refractivity contribution in [1.82, 2.24) is 0 Å². The topological polar surface area (TPSA) is 71.4 Å². The number of hydrogen-bond donors (Lipinski definition) is 0. The first-order chi connectivity index (χ1) is 11.9. The summed E-state index contributed by atoms with van der Waals surface area (Å²) in [5, 5.41) is 28.5. The van der Waals surface area contributed by atoms with Crippen LogP contribution in [-0.4, -0.2) is 0 Å². The Morgan fingerprint density at radius 2 is 1.44 bits per heavy atom. The van der Waals surface area contributed by atoms with E-state index in [0.717, 1.165) is 36.7 Å². The van der Waals surface area contributed by atoms with Crippen LogP contribution in [0.25, 0.3) is 0 Å². The molecular formula is C22H23N3. The average Bonchev–Trinajstić information content (AvgIpc) is 2.59. The summed E-state index contributed by atoms with van der Waals surface area (Å²) in [5.41, 5.74) is 2.81. The number of benzene rings is 1. The molecule has 4 bridgehead atoms. The molecule has 0 aromatic heterocycles. The molecule has 4 fully saturated rings. The van der Waals surface area contributed by atoms with E-state index in [1.165, 1.54) is 19.3 Å². The second kappa shape index (κ2) is 5.34. The van der Waals surface area contributed by atoms with Crippen molar-refractivity contribution in [2.75, 3.05) is 0 Å². The minimum Gasteiger partial charge on any atom is -0.192 e. The molecule has 0 N–H and O–H groups in total. The summed E-state index contributed by atoms with van der Waals surface area (Å²) >= 11 is 0. The van der Waals surface area contributed by atoms with Crippen molar-refractivity contribution < 1.29 is 0 Å². The molecule has 4 aliphatic carbocycles. The smallest absolute Gasteiger partial charge is 0.101 e. The van der Waals surface area contributed by atoms with Crippen molar-refractivity contribution in [3.05, 3.63) is 34.4 Å². The minimum absolute atomic E-state index is 0.0268. The van der Waals surface area contributed by atoms with Gasteiger partial charge in [-0.25, -0.2) is 0 Å². The van der Waals surface area contributed by atoms with Crippen molar-refractivity contribution in [3.63, 3.8) is 0 Å². The summed E-state index contributed by atoms with van der Waals surface area (Å²) in [7, 11) is 0. The van der Waals surface area contributed by atoms with Crippen LogP contribution in [0.4, 0.5) is 0 Å². The van der Waals surface area contributed by atoms with Gasteiger partial charge in [-0.1, -0.05) is 13.8 Å². The molecule has 0 saturated heterocycles. The zero-order valence-corrected chi connectivity index (χ0v) is 15.0. The van der Waals surface area contributed by atoms with Crippen LogP contribution in [-0.2, 0) is 5.41 Å². The molecule has 0 amide bonds. The lowest BCUT2D eigenvalue weighted by Crippen LogP contribution is -2.55. The van der Waals surface area contributed by atoms with Gasteiger partial charge in [0.05, 0.1) is 22.8 Å². The monoisotopic (exact) mass is 329 g/mol. The third-order valence-electron chi connectivity index (χ3n) is 7.42. The SMILES string of the molecule is CC(C)C12CC3CC(CC(c4cc(C#N)c(C#N)cc4C#N)(C3)C1)C2. The van der Waals surface area contributed by atoms with E-state index in [0.29, 0.717) is 28.0 Å². The van der Waals surface area contributed by atoms with E-state index in [-0.39, 0.29) is 5.41 Å². The normalized spacial score (nSPS) is 35.2. The Balaban J connectivity index is 1.89. The van der Waals surface area contributed by atoms with Crippen LogP contribution in [0.3, 0.4) is 0 Å². The van der Waals surface area contributed by atoms with E-state index in [1.807, 2.05) is 6.07 Å². The molecule has 4 saturated carbocycles. The maximum atomic E-state index is 9.73. The van der Waals surface area contributed by atoms with Crippen LogP contribution in [0, 0.1) is 57.2 Å². The molecule has 4 aliphatic rings. The van der Waals surface area contributed by atoms with Gasteiger partial charge in [0.25, 0.3) is 0 Å². The van der Waals surface area contributed by atoms with E-state index in [4.69, 9.17) is 0 Å². The Hall–Kier alpha value is -2.31. The van der Waals surface area contributed by atoms with E-state index < -0.39 is 0 Å². The Labute approximate surface area is 149 Å². The highest BCUT2D eigenvalue weighted by Gasteiger charge is 2.59. The third kappa shape index (κ3) is 2.21. The average molecular weight is 329 g/mol. The summed E-state index contributed by atoms with van der Waals surface area (Å²) in [6, 6.07) is 10.1. The maximum absolute atomic E-state index is 9.73. The van der Waals surface area contributed by atoms with Crippen LogP contribution in [0.2, 0.25) is 0 Å². The Kier molecular flexibility index (Phi) is 3.46. The molecule has 126 valence electrons. The van der Waals surface area contributed by atoms with Gasteiger partial charge >= 0.3 is 0 Å². The number of rotatable bonds is 2. The van der Waals surface area contributed by atoms with Gasteiger partial charge in [0, 0.05) is 0 Å². The summed E-state index contributed by atoms with van der Waals surface area (Å²) in [5.74, 6) is 2.14. The minimum atomic E-state index is 0.0268. The van der Waals surface area contributed by atoms with Crippen molar-refractivity contribution in [3.8, 4) is 18.2 Å². The first kappa shape index (κ1) is 16.2. The molecular weight excluding hydrogens is 306 g/mol. The van der Waals surface area contributed by atoms with Gasteiger partial charge in [-0.2, -0.15) is 15.8 Å². The predicted molar refractivity (Wildman–Crippen MR) is 94.2 cm³/mol. The van der Waals surface area contributed by atoms with Gasteiger partial charge in [-0.3, -0.25) is 0 Å². The molecule has 1 aromatic rings. The zero-order valence-electron chi connectivity index (χ0n) is 15.0. The van der Waals surface area contributed by atoms with Crippen molar-refractivity contribution >= 4 is 0 Å². The van der Waals surface area contributed by atoms with Gasteiger partial charge in [0.2, 0.25) is 0 Å². The van der Waals surface area contributed by atoms with Crippen LogP contribution in [0.15, 0.2) is 12.1 Å². The maximum Gasteiger partial charge on any atom is 0.101 e. The lowest BCUT2D eigenvalue weighted by Gasteiger charge is -2.64. The third-order valence-corrected chi connectivity index (χ3v) is 7.42. The van der Waals surface area contributed by atoms with E-state index in [2.05, 4.69) is 32.1 Å². The number of nitriles is 3. The number of nitrogens with zero attached hydrogens (tertiary/aromatic N) is 3. The van der Waals surface area contributed by atoms with Crippen LogP contribution in [0.5, 0.6) is 0 Å². The van der Waals surface area contributed by atoms with Crippen molar-refractivity contribution in [2.45, 2.75) is 57.8 Å². The second-order valence-electron chi connectivity index (χ2n) is 9.04. The van der Waals surface area contributed by atoms with E-state index in [1.54, 1.807) is 6.07 Å². The highest BCUT2D eigenvalue weighted by Crippen LogP contribution is 2.68. The molecule has 2 atom stereocenters. The van der Waals surface area contributed by atoms with Crippen LogP contribution < -0.4 is 0 Å². The molecule has 2 unspecified atom stereocenters. The summed E-state index contributed by atoms with van der Waals surface area (Å²) in [6.45, 7) is 4.71. The van der Waals surface area contributed by atoms with Gasteiger partial charge in [0.15, 0.2) is 0 Å². The quantitative estimate of drug-likeness (QED) is 0.782. The number of hydrogen-bond acceptors (Lipinski definition) is 3. The summed E-state index contributed by atoms with van der Waals surface area (Å²) in [6.07, 6.45) is 7.40. The van der Waals surface area contributed by atoms with Crippen molar-refractivity contribution in [1.29, 1.82) is 15.8 Å². The first-order valence-corrected chi connectivity index (χ1v) is 9.34. The fourth-order valence-electron chi connectivity index (χ4n) is 6.64. The molecule has 0 heterocycles. The molecule has 5 rings (SSSR count). The fourth-order valence-corrected chi connectivity index (χ4v) is 6.64. The molecule has 3 heteroatoms. The van der Waals surface area contributed by atoms with E-state index >= 15 is 0 Å². The molecule has 0 spiro atoms. The van der Waals surface area contributed by atoms with Crippen LogP contribution in [0.1, 0.15) is 74.6 Å². The largest absolute Gasteiger partial charge is 0.192 e. The predicted octanol–water partition coefficient (Wildman–Crippen LogP) is 4.80. The van der Waals surface area contributed by atoms with E-state index in [9.17, 15) is 15.8 Å². The van der Waals surface area contributed by atoms with Crippen molar-refractivity contribution in [2.24, 2.45) is 23.2 Å². The second-order valence-corrected chi connectivity index (χ2v) is 9.04. The standard InChI is InChI=1S/C22H23N3/c1-14(2)21-6-15-3-16(7-21)9-22(8-15,13-21)20-5-18(11-24)17(10-23)4-19(20)12-25/h4-5,14-16H,3,6-9,13H2,1-2H3. The Morgan fingerprint density at radius 3 is 1.96 bits per heavy atom. The molecule has 0 radical (unpaired) electrons. The van der Waals surface area contributed by atoms with Gasteiger partial charge in [-0.05, 0) is 84.8 Å². The zero-order chi connectivity index (χ0) is 17.8. The van der Waals surface area contributed by atoms with Crippen LogP contribution >= 0.6 is 0 Å². The van der Waals surface area contributed by atoms with Gasteiger partial charge in [0.1, 0.15) is 12.1 Å². The Bertz CT molecular complexity index is 845. The summed E-state index contributed by atoms with van der Waals surface area (Å²) in [4.78, 5) is 0. The highest BCUT2D eigenvalue weighted by molar-refractivity contribution is 5.56. The summed E-state index contributed by atoms with van der Waals surface area (Å²) < 4.78 is 0. The first-order valence-electron chi connectivity index (χ1n) is 9.34. The van der Waals surface area contributed by atoms with Gasteiger partial charge < -0.3 is 0 Å².